The zero-order valence-corrected chi connectivity index (χ0v) is 15.1. The topological polar surface area (TPSA) is 55.8 Å². The van der Waals surface area contributed by atoms with Crippen LogP contribution in [-0.4, -0.2) is 53.3 Å². The van der Waals surface area contributed by atoms with E-state index in [-0.39, 0.29) is 24.1 Å². The van der Waals surface area contributed by atoms with Crippen molar-refractivity contribution in [2.75, 3.05) is 24.6 Å². The lowest BCUT2D eigenvalue weighted by Gasteiger charge is -2.25. The van der Waals surface area contributed by atoms with Crippen molar-refractivity contribution in [3.63, 3.8) is 0 Å². The maximum atomic E-state index is 12.2. The minimum atomic E-state index is -0.483. The summed E-state index contributed by atoms with van der Waals surface area (Å²) in [7, 11) is 0. The maximum absolute atomic E-state index is 12.2. The molecular formula is C17H27NO4S. The van der Waals surface area contributed by atoms with E-state index in [9.17, 15) is 9.59 Å². The van der Waals surface area contributed by atoms with Crippen LogP contribution >= 0.6 is 11.8 Å². The molecule has 2 aliphatic rings. The summed E-state index contributed by atoms with van der Waals surface area (Å²) >= 11 is 1.50. The van der Waals surface area contributed by atoms with Crippen LogP contribution in [0.3, 0.4) is 0 Å². The molecule has 23 heavy (non-hydrogen) atoms. The Labute approximate surface area is 142 Å². The number of carbonyl (C=O) groups excluding carboxylic acids is 2. The number of fused-ring (bicyclic) bond motifs is 1. The van der Waals surface area contributed by atoms with Gasteiger partial charge in [0.05, 0.1) is 5.75 Å². The second-order valence-corrected chi connectivity index (χ2v) is 8.25. The third-order valence-corrected chi connectivity index (χ3v) is 5.09. The minimum absolute atomic E-state index is 0.0655. The van der Waals surface area contributed by atoms with Gasteiger partial charge in [-0.25, -0.2) is 4.79 Å². The Morgan fingerprint density at radius 2 is 2.04 bits per heavy atom. The number of hydrogen-bond donors (Lipinski definition) is 0. The number of esters is 1. The Hall–Kier alpha value is -1.17. The van der Waals surface area contributed by atoms with Crippen LogP contribution in [-0.2, 0) is 14.3 Å². The summed E-state index contributed by atoms with van der Waals surface area (Å²) < 4.78 is 11.1. The van der Waals surface area contributed by atoms with Gasteiger partial charge in [0.25, 0.3) is 0 Å². The third kappa shape index (κ3) is 5.16. The van der Waals surface area contributed by atoms with Crippen LogP contribution in [0.4, 0.5) is 4.79 Å². The minimum Gasteiger partial charge on any atom is -0.461 e. The van der Waals surface area contributed by atoms with Crippen molar-refractivity contribution >= 4 is 23.8 Å². The Bertz CT molecular complexity index is 460. The van der Waals surface area contributed by atoms with Crippen LogP contribution in [0.1, 0.15) is 33.6 Å². The molecule has 0 bridgehead atoms. The van der Waals surface area contributed by atoms with Crippen molar-refractivity contribution in [3.8, 4) is 0 Å². The highest BCUT2D eigenvalue weighted by Crippen LogP contribution is 2.40. The third-order valence-electron chi connectivity index (χ3n) is 4.18. The Balaban J connectivity index is 1.83. The monoisotopic (exact) mass is 341 g/mol. The summed E-state index contributed by atoms with van der Waals surface area (Å²) in [6.45, 7) is 10.6. The van der Waals surface area contributed by atoms with E-state index in [0.29, 0.717) is 24.8 Å². The number of ether oxygens (including phenoxy) is 2. The number of hydrogen-bond acceptors (Lipinski definition) is 5. The smallest absolute Gasteiger partial charge is 0.410 e. The second kappa shape index (κ2) is 7.60. The average molecular weight is 341 g/mol. The Morgan fingerprint density at radius 1 is 1.30 bits per heavy atom. The Morgan fingerprint density at radius 3 is 2.70 bits per heavy atom. The van der Waals surface area contributed by atoms with Crippen molar-refractivity contribution in [3.05, 3.63) is 12.7 Å². The van der Waals surface area contributed by atoms with Gasteiger partial charge in [0.2, 0.25) is 0 Å². The molecule has 1 heterocycles. The van der Waals surface area contributed by atoms with Gasteiger partial charge in [-0.1, -0.05) is 6.08 Å². The first-order valence-electron chi connectivity index (χ1n) is 8.16. The van der Waals surface area contributed by atoms with Gasteiger partial charge in [-0.2, -0.15) is 0 Å². The lowest BCUT2D eigenvalue weighted by molar-refractivity contribution is -0.147. The lowest BCUT2D eigenvalue weighted by Crippen LogP contribution is -2.37. The number of nitrogens with zero attached hydrogens (tertiary/aromatic N) is 1. The molecule has 0 N–H and O–H groups in total. The fourth-order valence-electron chi connectivity index (χ4n) is 3.27. The second-order valence-electron chi connectivity index (χ2n) is 7.22. The predicted molar refractivity (Wildman–Crippen MR) is 91.4 cm³/mol. The molecule has 0 aromatic heterocycles. The molecule has 5 nitrogen and oxygen atoms in total. The molecule has 3 atom stereocenters. The van der Waals surface area contributed by atoms with E-state index in [2.05, 4.69) is 6.58 Å². The van der Waals surface area contributed by atoms with Gasteiger partial charge in [-0.05, 0) is 39.5 Å². The zero-order valence-electron chi connectivity index (χ0n) is 14.2. The molecule has 1 aliphatic carbocycles. The molecule has 0 radical (unpaired) electrons. The molecule has 0 unspecified atom stereocenters. The van der Waals surface area contributed by atoms with Gasteiger partial charge in [-0.3, -0.25) is 4.79 Å². The van der Waals surface area contributed by atoms with E-state index in [1.165, 1.54) is 11.8 Å². The number of likely N-dealkylation sites (tertiary alicyclic amines) is 1. The molecule has 0 spiro atoms. The molecule has 6 heteroatoms. The molecule has 130 valence electrons. The first-order chi connectivity index (χ1) is 10.8. The van der Waals surface area contributed by atoms with Crippen molar-refractivity contribution in [2.24, 2.45) is 11.8 Å². The van der Waals surface area contributed by atoms with Crippen LogP contribution in [0.5, 0.6) is 0 Å². The molecule has 1 saturated carbocycles. The summed E-state index contributed by atoms with van der Waals surface area (Å²) in [5, 5.41) is 0. The molecule has 1 amide bonds. The van der Waals surface area contributed by atoms with Crippen LogP contribution in [0, 0.1) is 11.8 Å². The fraction of sp³-hybridized carbons (Fsp3) is 0.765. The molecule has 1 saturated heterocycles. The van der Waals surface area contributed by atoms with Crippen molar-refractivity contribution < 1.29 is 19.1 Å². The first kappa shape index (κ1) is 18.2. The van der Waals surface area contributed by atoms with E-state index in [4.69, 9.17) is 9.47 Å². The summed E-state index contributed by atoms with van der Waals surface area (Å²) in [5.74, 6) is 1.60. The largest absolute Gasteiger partial charge is 0.461 e. The summed E-state index contributed by atoms with van der Waals surface area (Å²) in [6.07, 6.45) is 3.35. The van der Waals surface area contributed by atoms with Crippen LogP contribution in [0.15, 0.2) is 12.7 Å². The van der Waals surface area contributed by atoms with E-state index >= 15 is 0 Å². The van der Waals surface area contributed by atoms with Gasteiger partial charge in [0.1, 0.15) is 11.7 Å². The SMILES string of the molecule is C=CCSCC(=O)O[C@@H]1CC[C@@H]2CN(C(=O)OC(C)(C)C)C[C@H]21. The number of thioether (sulfide) groups is 1. The lowest BCUT2D eigenvalue weighted by atomic mass is 9.99. The van der Waals surface area contributed by atoms with Crippen molar-refractivity contribution in [2.45, 2.75) is 45.3 Å². The van der Waals surface area contributed by atoms with Crippen molar-refractivity contribution in [1.82, 2.24) is 4.90 Å². The summed E-state index contributed by atoms with van der Waals surface area (Å²) in [5.41, 5.74) is -0.483. The van der Waals surface area contributed by atoms with Crippen molar-refractivity contribution in [1.29, 1.82) is 0 Å². The molecule has 2 rings (SSSR count). The summed E-state index contributed by atoms with van der Waals surface area (Å²) in [4.78, 5) is 25.8. The van der Waals surface area contributed by atoms with Crippen LogP contribution in [0.2, 0.25) is 0 Å². The van der Waals surface area contributed by atoms with E-state index in [1.54, 1.807) is 11.0 Å². The highest BCUT2D eigenvalue weighted by atomic mass is 32.2. The maximum Gasteiger partial charge on any atom is 0.410 e. The fourth-order valence-corrected chi connectivity index (χ4v) is 3.79. The molecule has 1 aliphatic heterocycles. The van der Waals surface area contributed by atoms with Gasteiger partial charge in [0, 0.05) is 24.8 Å². The highest BCUT2D eigenvalue weighted by Gasteiger charge is 2.46. The van der Waals surface area contributed by atoms with Gasteiger partial charge < -0.3 is 14.4 Å². The van der Waals surface area contributed by atoms with Gasteiger partial charge in [-0.15, -0.1) is 18.3 Å². The molecule has 0 aromatic carbocycles. The van der Waals surface area contributed by atoms with Crippen LogP contribution in [0.25, 0.3) is 0 Å². The summed E-state index contributed by atoms with van der Waals surface area (Å²) in [6, 6.07) is 0. The van der Waals surface area contributed by atoms with E-state index < -0.39 is 5.60 Å². The number of carbonyl (C=O) groups is 2. The first-order valence-corrected chi connectivity index (χ1v) is 9.31. The quantitative estimate of drug-likeness (QED) is 0.437. The number of amides is 1. The average Bonchev–Trinajstić information content (AvgIpc) is 2.99. The van der Waals surface area contributed by atoms with E-state index in [1.807, 2.05) is 20.8 Å². The normalized spacial score (nSPS) is 26.7. The Kier molecular flexibility index (Phi) is 6.00. The molecular weight excluding hydrogens is 314 g/mol. The molecule has 2 fully saturated rings. The van der Waals surface area contributed by atoms with Crippen LogP contribution < -0.4 is 0 Å². The standard InChI is InChI=1S/C17H27NO4S/c1-5-8-23-11-15(19)21-14-7-6-12-9-18(10-13(12)14)16(20)22-17(2,3)4/h5,12-14H,1,6-11H2,2-4H3/t12-,13-,14-/m1/s1. The zero-order chi connectivity index (χ0) is 17.0. The van der Waals surface area contributed by atoms with Gasteiger partial charge in [0.15, 0.2) is 0 Å². The van der Waals surface area contributed by atoms with Gasteiger partial charge >= 0.3 is 12.1 Å². The molecule has 0 aromatic rings. The number of rotatable bonds is 5. The van der Waals surface area contributed by atoms with E-state index in [0.717, 1.165) is 18.6 Å². The predicted octanol–water partition coefficient (Wildman–Crippen LogP) is 3.09. The highest BCUT2D eigenvalue weighted by molar-refractivity contribution is 8.00.